The van der Waals surface area contributed by atoms with E-state index < -0.39 is 0 Å². The predicted octanol–water partition coefficient (Wildman–Crippen LogP) is 4.08. The van der Waals surface area contributed by atoms with Crippen LogP contribution in [0.4, 0.5) is 11.5 Å². The maximum Gasteiger partial charge on any atom is 0.263 e. The van der Waals surface area contributed by atoms with E-state index in [4.69, 9.17) is 4.52 Å². The number of aromatic nitrogens is 3. The Morgan fingerprint density at radius 2 is 2.00 bits per heavy atom. The number of aryl methyl sites for hydroxylation is 2. The molecule has 1 fully saturated rings. The predicted molar refractivity (Wildman–Crippen MR) is 103 cm³/mol. The van der Waals surface area contributed by atoms with E-state index >= 15 is 0 Å². The number of nitrogens with one attached hydrogen (secondary N) is 1. The van der Waals surface area contributed by atoms with E-state index in [0.717, 1.165) is 35.9 Å². The second-order valence-electron chi connectivity index (χ2n) is 7.28. The smallest absolute Gasteiger partial charge is 0.263 e. The van der Waals surface area contributed by atoms with Gasteiger partial charge in [0, 0.05) is 25.3 Å². The fourth-order valence-electron chi connectivity index (χ4n) is 3.66. The highest BCUT2D eigenvalue weighted by molar-refractivity contribution is 5.87. The maximum absolute atomic E-state index is 5.27. The molecule has 6 nitrogen and oxygen atoms in total. The Morgan fingerprint density at radius 3 is 2.77 bits per heavy atom. The molecule has 2 aromatic heterocycles. The lowest BCUT2D eigenvalue weighted by Crippen LogP contribution is -2.34. The lowest BCUT2D eigenvalue weighted by molar-refractivity contribution is 0.442. The summed E-state index contributed by atoms with van der Waals surface area (Å²) in [6.07, 6.45) is 2.62. The molecule has 0 radical (unpaired) electrons. The lowest BCUT2D eigenvalue weighted by Gasteiger charge is -2.32. The van der Waals surface area contributed by atoms with Crippen LogP contribution in [0.3, 0.4) is 0 Å². The molecule has 3 aromatic rings. The van der Waals surface area contributed by atoms with Crippen LogP contribution >= 0.6 is 0 Å². The first-order valence-electron chi connectivity index (χ1n) is 9.28. The molecule has 136 valence electrons. The Balaban J connectivity index is 1.48. The van der Waals surface area contributed by atoms with Crippen molar-refractivity contribution in [1.29, 1.82) is 0 Å². The SMILES string of the molecule is Cc1nc(NCc2ccc(N3CCCC(C)C3)cc2)c2c(C)noc2n1. The van der Waals surface area contributed by atoms with Crippen LogP contribution in [-0.2, 0) is 6.54 Å². The van der Waals surface area contributed by atoms with Gasteiger partial charge >= 0.3 is 0 Å². The molecule has 1 unspecified atom stereocenters. The van der Waals surface area contributed by atoms with Crippen molar-refractivity contribution in [1.82, 2.24) is 15.1 Å². The van der Waals surface area contributed by atoms with E-state index in [0.29, 0.717) is 18.1 Å². The summed E-state index contributed by atoms with van der Waals surface area (Å²) < 4.78 is 5.27. The van der Waals surface area contributed by atoms with Crippen LogP contribution < -0.4 is 10.2 Å². The third-order valence-electron chi connectivity index (χ3n) is 5.04. The van der Waals surface area contributed by atoms with Crippen molar-refractivity contribution in [2.75, 3.05) is 23.3 Å². The number of rotatable bonds is 4. The summed E-state index contributed by atoms with van der Waals surface area (Å²) in [6, 6.07) is 8.82. The second kappa shape index (κ2) is 6.94. The van der Waals surface area contributed by atoms with E-state index in [1.807, 2.05) is 13.8 Å². The molecular formula is C20H25N5O. The van der Waals surface area contributed by atoms with Gasteiger partial charge in [-0.05, 0) is 50.3 Å². The molecule has 0 amide bonds. The topological polar surface area (TPSA) is 67.1 Å². The molecule has 4 rings (SSSR count). The van der Waals surface area contributed by atoms with Crippen molar-refractivity contribution in [3.63, 3.8) is 0 Å². The van der Waals surface area contributed by atoms with Gasteiger partial charge in [-0.15, -0.1) is 0 Å². The van der Waals surface area contributed by atoms with Crippen LogP contribution in [0.15, 0.2) is 28.8 Å². The zero-order valence-corrected chi connectivity index (χ0v) is 15.6. The number of piperidine rings is 1. The van der Waals surface area contributed by atoms with Gasteiger partial charge in [-0.1, -0.05) is 24.2 Å². The van der Waals surface area contributed by atoms with Gasteiger partial charge in [0.05, 0.1) is 5.69 Å². The first kappa shape index (κ1) is 16.8. The number of benzene rings is 1. The van der Waals surface area contributed by atoms with Gasteiger partial charge in [0.2, 0.25) is 0 Å². The summed E-state index contributed by atoms with van der Waals surface area (Å²) in [5, 5.41) is 8.27. The molecule has 0 bridgehead atoms. The summed E-state index contributed by atoms with van der Waals surface area (Å²) in [7, 11) is 0. The molecule has 3 heterocycles. The third-order valence-corrected chi connectivity index (χ3v) is 5.04. The Morgan fingerprint density at radius 1 is 1.19 bits per heavy atom. The van der Waals surface area contributed by atoms with Crippen molar-refractivity contribution in [2.45, 2.75) is 40.2 Å². The Kier molecular flexibility index (Phi) is 4.49. The van der Waals surface area contributed by atoms with Gasteiger partial charge in [0.25, 0.3) is 5.71 Å². The van der Waals surface area contributed by atoms with Gasteiger partial charge in [0.1, 0.15) is 17.0 Å². The zero-order chi connectivity index (χ0) is 18.1. The van der Waals surface area contributed by atoms with Crippen molar-refractivity contribution < 1.29 is 4.52 Å². The van der Waals surface area contributed by atoms with Crippen molar-refractivity contribution in [3.8, 4) is 0 Å². The van der Waals surface area contributed by atoms with Crippen LogP contribution in [0.25, 0.3) is 11.1 Å². The number of fused-ring (bicyclic) bond motifs is 1. The number of hydrogen-bond donors (Lipinski definition) is 1. The van der Waals surface area contributed by atoms with Gasteiger partial charge in [-0.3, -0.25) is 0 Å². The van der Waals surface area contributed by atoms with Gasteiger partial charge in [0.15, 0.2) is 0 Å². The molecule has 1 aliphatic rings. The van der Waals surface area contributed by atoms with E-state index in [9.17, 15) is 0 Å². The van der Waals surface area contributed by atoms with Crippen LogP contribution in [-0.4, -0.2) is 28.2 Å². The highest BCUT2D eigenvalue weighted by Crippen LogP contribution is 2.25. The van der Waals surface area contributed by atoms with E-state index in [1.165, 1.54) is 24.1 Å². The average Bonchev–Trinajstić information content (AvgIpc) is 3.01. The van der Waals surface area contributed by atoms with Crippen molar-refractivity contribution in [2.24, 2.45) is 5.92 Å². The Bertz CT molecular complexity index is 902. The first-order chi connectivity index (χ1) is 12.6. The minimum atomic E-state index is 0.534. The highest BCUT2D eigenvalue weighted by atomic mass is 16.5. The monoisotopic (exact) mass is 351 g/mol. The summed E-state index contributed by atoms with van der Waals surface area (Å²) >= 11 is 0. The van der Waals surface area contributed by atoms with Crippen molar-refractivity contribution >= 4 is 22.6 Å². The summed E-state index contributed by atoms with van der Waals surface area (Å²) in [4.78, 5) is 11.3. The quantitative estimate of drug-likeness (QED) is 0.764. The summed E-state index contributed by atoms with van der Waals surface area (Å²) in [6.45, 7) is 9.12. The summed E-state index contributed by atoms with van der Waals surface area (Å²) in [5.41, 5.74) is 3.87. The number of hydrogen-bond acceptors (Lipinski definition) is 6. The molecule has 1 atom stereocenters. The zero-order valence-electron chi connectivity index (χ0n) is 15.6. The van der Waals surface area contributed by atoms with Gasteiger partial charge < -0.3 is 14.7 Å². The fourth-order valence-corrected chi connectivity index (χ4v) is 3.66. The molecule has 0 spiro atoms. The maximum atomic E-state index is 5.27. The molecule has 1 N–H and O–H groups in total. The molecule has 1 aromatic carbocycles. The molecule has 0 aliphatic carbocycles. The molecule has 6 heteroatoms. The van der Waals surface area contributed by atoms with E-state index in [2.05, 4.69) is 56.5 Å². The molecule has 0 saturated carbocycles. The van der Waals surface area contributed by atoms with Crippen LogP contribution in [0.5, 0.6) is 0 Å². The Hall–Kier alpha value is -2.63. The van der Waals surface area contributed by atoms with E-state index in [1.54, 1.807) is 0 Å². The van der Waals surface area contributed by atoms with Crippen LogP contribution in [0.2, 0.25) is 0 Å². The van der Waals surface area contributed by atoms with Crippen LogP contribution in [0.1, 0.15) is 36.8 Å². The van der Waals surface area contributed by atoms with Gasteiger partial charge in [-0.25, -0.2) is 4.98 Å². The molecule has 1 aliphatic heterocycles. The fraction of sp³-hybridized carbons (Fsp3) is 0.450. The molecular weight excluding hydrogens is 326 g/mol. The largest absolute Gasteiger partial charge is 0.371 e. The van der Waals surface area contributed by atoms with Gasteiger partial charge in [-0.2, -0.15) is 4.98 Å². The standard InChI is InChI=1S/C20H25N5O/c1-13-5-4-10-25(12-13)17-8-6-16(7-9-17)11-21-19-18-14(2)24-26-20(18)23-15(3)22-19/h6-9,13H,4-5,10-12H2,1-3H3,(H,21,22,23). The highest BCUT2D eigenvalue weighted by Gasteiger charge is 2.17. The lowest BCUT2D eigenvalue weighted by atomic mass is 9.99. The molecule has 26 heavy (non-hydrogen) atoms. The summed E-state index contributed by atoms with van der Waals surface area (Å²) in [5.74, 6) is 2.23. The number of nitrogens with zero attached hydrogens (tertiary/aromatic N) is 4. The van der Waals surface area contributed by atoms with E-state index in [-0.39, 0.29) is 0 Å². The minimum Gasteiger partial charge on any atom is -0.371 e. The van der Waals surface area contributed by atoms with Crippen LogP contribution in [0, 0.1) is 19.8 Å². The number of anilines is 2. The first-order valence-corrected chi connectivity index (χ1v) is 9.28. The third kappa shape index (κ3) is 3.36. The Labute approximate surface area is 153 Å². The second-order valence-corrected chi connectivity index (χ2v) is 7.28. The molecule has 1 saturated heterocycles. The average molecular weight is 351 g/mol. The normalized spacial score (nSPS) is 17.7. The van der Waals surface area contributed by atoms with Crippen molar-refractivity contribution in [3.05, 3.63) is 41.3 Å². The minimum absolute atomic E-state index is 0.534.